The molecule has 0 spiro atoms. The molecule has 0 aromatic heterocycles. The minimum atomic E-state index is -1.05. The number of aryl methyl sites for hydroxylation is 1. The Morgan fingerprint density at radius 3 is 2.05 bits per heavy atom. The smallest absolute Gasteiger partial charge is 0.335 e. The van der Waals surface area contributed by atoms with Crippen LogP contribution in [0.5, 0.6) is 17.2 Å². The lowest BCUT2D eigenvalue weighted by Crippen LogP contribution is -2.03. The summed E-state index contributed by atoms with van der Waals surface area (Å²) in [6.45, 7) is 2.35. The van der Waals surface area contributed by atoms with Crippen LogP contribution in [0, 0.1) is 6.92 Å². The Balaban J connectivity index is 2.28. The van der Waals surface area contributed by atoms with E-state index in [1.54, 1.807) is 0 Å². The van der Waals surface area contributed by atoms with Crippen molar-refractivity contribution in [2.24, 2.45) is 0 Å². The molecule has 0 amide bonds. The number of ether oxygens (including phenoxy) is 3. The van der Waals surface area contributed by atoms with E-state index >= 15 is 0 Å². The fourth-order valence-corrected chi connectivity index (χ4v) is 1.99. The number of hydrogen-bond acceptors (Lipinski definition) is 4. The Morgan fingerprint density at radius 1 is 1.05 bits per heavy atom. The van der Waals surface area contributed by atoms with Gasteiger partial charge in [0.05, 0.1) is 19.8 Å². The van der Waals surface area contributed by atoms with Crippen molar-refractivity contribution in [2.45, 2.75) is 13.5 Å². The molecule has 5 heteroatoms. The molecule has 2 aromatic carbocycles. The summed E-state index contributed by atoms with van der Waals surface area (Å²) in [6, 6.07) is 10.8. The molecule has 0 saturated carbocycles. The van der Waals surface area contributed by atoms with Gasteiger partial charge >= 0.3 is 5.97 Å². The number of rotatable bonds is 6. The van der Waals surface area contributed by atoms with Gasteiger partial charge in [0.25, 0.3) is 0 Å². The lowest BCUT2D eigenvalue weighted by atomic mass is 10.1. The van der Waals surface area contributed by atoms with Gasteiger partial charge in [0.15, 0.2) is 11.5 Å². The molecule has 0 heterocycles. The number of methoxy groups -OCH3 is 2. The van der Waals surface area contributed by atoms with Gasteiger partial charge in [-0.2, -0.15) is 0 Å². The molecule has 2 rings (SSSR count). The average molecular weight is 302 g/mol. The van der Waals surface area contributed by atoms with Gasteiger partial charge in [0, 0.05) is 0 Å². The molecule has 1 N–H and O–H groups in total. The van der Waals surface area contributed by atoms with Gasteiger partial charge in [-0.25, -0.2) is 4.79 Å². The third kappa shape index (κ3) is 3.49. The van der Waals surface area contributed by atoms with Crippen LogP contribution < -0.4 is 14.2 Å². The molecule has 0 atom stereocenters. The maximum absolute atomic E-state index is 11.1. The van der Waals surface area contributed by atoms with E-state index in [0.29, 0.717) is 23.9 Å². The Kier molecular flexibility index (Phi) is 4.88. The zero-order valence-corrected chi connectivity index (χ0v) is 12.8. The molecule has 2 aromatic rings. The van der Waals surface area contributed by atoms with Crippen LogP contribution in [0.4, 0.5) is 0 Å². The molecule has 22 heavy (non-hydrogen) atoms. The number of carbonyl (C=O) groups is 1. The highest BCUT2D eigenvalue weighted by Gasteiger charge is 2.17. The molecule has 0 saturated heterocycles. The van der Waals surface area contributed by atoms with Gasteiger partial charge in [-0.1, -0.05) is 29.8 Å². The van der Waals surface area contributed by atoms with Crippen molar-refractivity contribution in [1.82, 2.24) is 0 Å². The lowest BCUT2D eigenvalue weighted by Gasteiger charge is -2.15. The van der Waals surface area contributed by atoms with Gasteiger partial charge < -0.3 is 19.3 Å². The van der Waals surface area contributed by atoms with Crippen molar-refractivity contribution in [3.63, 3.8) is 0 Å². The van der Waals surface area contributed by atoms with Crippen LogP contribution in [0.1, 0.15) is 21.5 Å². The van der Waals surface area contributed by atoms with Crippen molar-refractivity contribution in [3.05, 3.63) is 53.1 Å². The molecule has 0 aliphatic carbocycles. The number of hydrogen-bond donors (Lipinski definition) is 1. The van der Waals surface area contributed by atoms with Crippen molar-refractivity contribution in [1.29, 1.82) is 0 Å². The van der Waals surface area contributed by atoms with Gasteiger partial charge in [-0.15, -0.1) is 0 Å². The molecule has 0 unspecified atom stereocenters. The maximum Gasteiger partial charge on any atom is 0.335 e. The molecule has 0 bridgehead atoms. The van der Waals surface area contributed by atoms with Crippen molar-refractivity contribution in [3.8, 4) is 17.2 Å². The van der Waals surface area contributed by atoms with E-state index in [1.165, 1.54) is 31.9 Å². The van der Waals surface area contributed by atoms with E-state index < -0.39 is 5.97 Å². The Labute approximate surface area is 129 Å². The summed E-state index contributed by atoms with van der Waals surface area (Å²) in [5, 5.41) is 9.10. The van der Waals surface area contributed by atoms with Crippen molar-refractivity contribution < 1.29 is 24.1 Å². The maximum atomic E-state index is 11.1. The van der Waals surface area contributed by atoms with E-state index in [0.717, 1.165) is 5.56 Å². The van der Waals surface area contributed by atoms with E-state index in [2.05, 4.69) is 0 Å². The number of carboxylic acids is 1. The second-order valence-electron chi connectivity index (χ2n) is 4.79. The van der Waals surface area contributed by atoms with Crippen molar-refractivity contribution in [2.75, 3.05) is 14.2 Å². The molecule has 0 radical (unpaired) electrons. The molecule has 0 aliphatic rings. The summed E-state index contributed by atoms with van der Waals surface area (Å²) >= 11 is 0. The van der Waals surface area contributed by atoms with Crippen LogP contribution in [-0.2, 0) is 6.61 Å². The third-order valence-electron chi connectivity index (χ3n) is 3.21. The highest BCUT2D eigenvalue weighted by atomic mass is 16.5. The van der Waals surface area contributed by atoms with Gasteiger partial charge in [-0.05, 0) is 24.6 Å². The SMILES string of the molecule is COc1cc(C(=O)O)cc(OC)c1OCc1ccc(C)cc1. The van der Waals surface area contributed by atoms with Crippen LogP contribution in [0.25, 0.3) is 0 Å². The first-order valence-electron chi connectivity index (χ1n) is 6.72. The van der Waals surface area contributed by atoms with Gasteiger partial charge in [-0.3, -0.25) is 0 Å². The summed E-state index contributed by atoms with van der Waals surface area (Å²) in [7, 11) is 2.91. The minimum absolute atomic E-state index is 0.0800. The fourth-order valence-electron chi connectivity index (χ4n) is 1.99. The Hall–Kier alpha value is -2.69. The summed E-state index contributed by atoms with van der Waals surface area (Å²) in [5.74, 6) is -0.0232. The molecular formula is C17H18O5. The second kappa shape index (κ2) is 6.85. The molecular weight excluding hydrogens is 284 g/mol. The lowest BCUT2D eigenvalue weighted by molar-refractivity contribution is 0.0696. The minimum Gasteiger partial charge on any atom is -0.493 e. The number of benzene rings is 2. The van der Waals surface area contributed by atoms with Crippen LogP contribution >= 0.6 is 0 Å². The fraction of sp³-hybridized carbons (Fsp3) is 0.235. The van der Waals surface area contributed by atoms with E-state index in [4.69, 9.17) is 19.3 Å². The van der Waals surface area contributed by atoms with Crippen LogP contribution in [0.3, 0.4) is 0 Å². The summed E-state index contributed by atoms with van der Waals surface area (Å²) in [6.07, 6.45) is 0. The zero-order chi connectivity index (χ0) is 16.1. The number of carboxylic acid groups (broad SMARTS) is 1. The molecule has 0 aliphatic heterocycles. The van der Waals surface area contributed by atoms with E-state index in [-0.39, 0.29) is 5.56 Å². The number of aromatic carboxylic acids is 1. The van der Waals surface area contributed by atoms with Crippen LogP contribution in [-0.4, -0.2) is 25.3 Å². The monoisotopic (exact) mass is 302 g/mol. The predicted molar refractivity (Wildman–Crippen MR) is 82.0 cm³/mol. The molecule has 0 fully saturated rings. The van der Waals surface area contributed by atoms with E-state index in [9.17, 15) is 4.79 Å². The first-order valence-corrected chi connectivity index (χ1v) is 6.72. The topological polar surface area (TPSA) is 65.0 Å². The highest BCUT2D eigenvalue weighted by molar-refractivity contribution is 5.89. The van der Waals surface area contributed by atoms with E-state index in [1.807, 2.05) is 31.2 Å². The summed E-state index contributed by atoms with van der Waals surface area (Å²) < 4.78 is 16.2. The van der Waals surface area contributed by atoms with Crippen LogP contribution in [0.2, 0.25) is 0 Å². The first kappa shape index (κ1) is 15.7. The quantitative estimate of drug-likeness (QED) is 0.887. The summed E-state index contributed by atoms with van der Waals surface area (Å²) in [5.41, 5.74) is 2.25. The zero-order valence-electron chi connectivity index (χ0n) is 12.8. The van der Waals surface area contributed by atoms with Crippen LogP contribution in [0.15, 0.2) is 36.4 Å². The third-order valence-corrected chi connectivity index (χ3v) is 3.21. The highest BCUT2D eigenvalue weighted by Crippen LogP contribution is 2.39. The predicted octanol–water partition coefficient (Wildman–Crippen LogP) is 3.29. The molecule has 5 nitrogen and oxygen atoms in total. The van der Waals surface area contributed by atoms with Gasteiger partial charge in [0.2, 0.25) is 5.75 Å². The van der Waals surface area contributed by atoms with Crippen molar-refractivity contribution >= 4 is 5.97 Å². The Bertz CT molecular complexity index is 636. The normalized spacial score (nSPS) is 10.1. The standard InChI is InChI=1S/C17H18O5/c1-11-4-6-12(7-5-11)10-22-16-14(20-2)8-13(17(18)19)9-15(16)21-3/h4-9H,10H2,1-3H3,(H,18,19). The second-order valence-corrected chi connectivity index (χ2v) is 4.79. The molecule has 116 valence electrons. The summed E-state index contributed by atoms with van der Waals surface area (Å²) in [4.78, 5) is 11.1. The average Bonchev–Trinajstić information content (AvgIpc) is 2.53. The Morgan fingerprint density at radius 2 is 1.59 bits per heavy atom. The largest absolute Gasteiger partial charge is 0.493 e. The van der Waals surface area contributed by atoms with Gasteiger partial charge in [0.1, 0.15) is 6.61 Å². The first-order chi connectivity index (χ1) is 10.5.